The normalized spacial score (nSPS) is 11.5. The van der Waals surface area contributed by atoms with E-state index in [0.717, 1.165) is 44.6 Å². The van der Waals surface area contributed by atoms with Crippen molar-refractivity contribution in [2.75, 3.05) is 0 Å². The molecule has 0 aliphatic carbocycles. The van der Waals surface area contributed by atoms with Crippen LogP contribution < -0.4 is 0 Å². The molecule has 3 heterocycles. The molecule has 0 saturated carbocycles. The van der Waals surface area contributed by atoms with Gasteiger partial charge in [-0.15, -0.1) is 0 Å². The average Bonchev–Trinajstić information content (AvgIpc) is 3.23. The molecular formula is C21H15N3O2. The molecule has 126 valence electrons. The largest absolute Gasteiger partial charge is 0.441 e. The Bertz CT molecular complexity index is 1250. The summed E-state index contributed by atoms with van der Waals surface area (Å²) in [6.45, 7) is 3.80. The lowest BCUT2D eigenvalue weighted by molar-refractivity contribution is 0.561. The van der Waals surface area contributed by atoms with E-state index in [2.05, 4.69) is 15.0 Å². The molecule has 0 spiro atoms. The maximum absolute atomic E-state index is 5.88. The second-order valence-electron chi connectivity index (χ2n) is 6.31. The van der Waals surface area contributed by atoms with Crippen molar-refractivity contribution in [1.29, 1.82) is 0 Å². The Labute approximate surface area is 149 Å². The van der Waals surface area contributed by atoms with Crippen LogP contribution in [-0.2, 0) is 0 Å². The van der Waals surface area contributed by atoms with Crippen LogP contribution in [0.1, 0.15) is 11.6 Å². The van der Waals surface area contributed by atoms with Gasteiger partial charge in [-0.3, -0.25) is 4.98 Å². The van der Waals surface area contributed by atoms with Crippen molar-refractivity contribution < 1.29 is 8.83 Å². The van der Waals surface area contributed by atoms with E-state index in [1.165, 1.54) is 0 Å². The van der Waals surface area contributed by atoms with Crippen LogP contribution in [0.15, 0.2) is 63.6 Å². The first-order chi connectivity index (χ1) is 12.7. The molecule has 5 aromatic rings. The quantitative estimate of drug-likeness (QED) is 0.435. The maximum Gasteiger partial charge on any atom is 0.228 e. The van der Waals surface area contributed by atoms with Gasteiger partial charge in [0.25, 0.3) is 0 Å². The molecule has 5 rings (SSSR count). The Hall–Kier alpha value is -3.47. The van der Waals surface area contributed by atoms with Crippen LogP contribution in [0.5, 0.6) is 0 Å². The monoisotopic (exact) mass is 341 g/mol. The second kappa shape index (κ2) is 5.52. The summed E-state index contributed by atoms with van der Waals surface area (Å²) < 4.78 is 11.4. The minimum atomic E-state index is 0.576. The highest BCUT2D eigenvalue weighted by atomic mass is 16.4. The topological polar surface area (TPSA) is 65.0 Å². The van der Waals surface area contributed by atoms with E-state index >= 15 is 0 Å². The summed E-state index contributed by atoms with van der Waals surface area (Å²) in [6.07, 6.45) is 1.78. The lowest BCUT2D eigenvalue weighted by Gasteiger charge is -2.00. The smallest absolute Gasteiger partial charge is 0.228 e. The third-order valence-electron chi connectivity index (χ3n) is 4.37. The first kappa shape index (κ1) is 14.8. The Balaban J connectivity index is 1.59. The minimum Gasteiger partial charge on any atom is -0.441 e. The highest BCUT2D eigenvalue weighted by Crippen LogP contribution is 2.30. The van der Waals surface area contributed by atoms with Gasteiger partial charge in [0, 0.05) is 18.8 Å². The number of hydrogen-bond donors (Lipinski definition) is 0. The van der Waals surface area contributed by atoms with Crippen LogP contribution in [0, 0.1) is 13.8 Å². The van der Waals surface area contributed by atoms with Gasteiger partial charge in [0.05, 0.1) is 5.56 Å². The van der Waals surface area contributed by atoms with Crippen molar-refractivity contribution in [3.8, 4) is 22.6 Å². The van der Waals surface area contributed by atoms with Gasteiger partial charge < -0.3 is 8.83 Å². The molecule has 0 aliphatic heterocycles. The van der Waals surface area contributed by atoms with Gasteiger partial charge in [-0.25, -0.2) is 9.97 Å². The molecule has 0 radical (unpaired) electrons. The molecule has 0 N–H and O–H groups in total. The summed E-state index contributed by atoms with van der Waals surface area (Å²) in [4.78, 5) is 13.3. The highest BCUT2D eigenvalue weighted by Gasteiger charge is 2.11. The van der Waals surface area contributed by atoms with Crippen LogP contribution in [0.3, 0.4) is 0 Å². The molecule has 0 fully saturated rings. The van der Waals surface area contributed by atoms with Gasteiger partial charge in [-0.05, 0) is 54.4 Å². The molecule has 0 unspecified atom stereocenters. The van der Waals surface area contributed by atoms with Crippen LogP contribution in [0.2, 0.25) is 0 Å². The van der Waals surface area contributed by atoms with Crippen molar-refractivity contribution >= 4 is 22.2 Å². The van der Waals surface area contributed by atoms with Crippen molar-refractivity contribution in [3.63, 3.8) is 0 Å². The van der Waals surface area contributed by atoms with Crippen LogP contribution in [-0.4, -0.2) is 15.0 Å². The second-order valence-corrected chi connectivity index (χ2v) is 6.31. The Morgan fingerprint density at radius 1 is 0.692 bits per heavy atom. The molecule has 5 heteroatoms. The summed E-state index contributed by atoms with van der Waals surface area (Å²) in [6, 6.07) is 15.9. The Morgan fingerprint density at radius 2 is 1.35 bits per heavy atom. The molecule has 0 bridgehead atoms. The fourth-order valence-corrected chi connectivity index (χ4v) is 3.05. The average molecular weight is 341 g/mol. The zero-order chi connectivity index (χ0) is 17.7. The van der Waals surface area contributed by atoms with Gasteiger partial charge >= 0.3 is 0 Å². The number of fused-ring (bicyclic) bond motifs is 2. The summed E-state index contributed by atoms with van der Waals surface area (Å²) in [5.74, 6) is 1.24. The van der Waals surface area contributed by atoms with Gasteiger partial charge in [0.15, 0.2) is 17.1 Å². The number of hydrogen-bond acceptors (Lipinski definition) is 5. The summed E-state index contributed by atoms with van der Waals surface area (Å²) in [5.41, 5.74) is 7.17. The molecule has 0 amide bonds. The predicted octanol–water partition coefficient (Wildman–Crippen LogP) is 5.31. The van der Waals surface area contributed by atoms with Crippen LogP contribution in [0.25, 0.3) is 44.8 Å². The van der Waals surface area contributed by atoms with Crippen LogP contribution >= 0.6 is 0 Å². The van der Waals surface area contributed by atoms with E-state index in [0.29, 0.717) is 11.8 Å². The van der Waals surface area contributed by atoms with Crippen molar-refractivity contribution in [1.82, 2.24) is 15.0 Å². The predicted molar refractivity (Wildman–Crippen MR) is 99.7 cm³/mol. The van der Waals surface area contributed by atoms with E-state index in [4.69, 9.17) is 8.83 Å². The molecule has 26 heavy (non-hydrogen) atoms. The van der Waals surface area contributed by atoms with E-state index < -0.39 is 0 Å². The van der Waals surface area contributed by atoms with E-state index in [9.17, 15) is 0 Å². The number of pyridine rings is 1. The van der Waals surface area contributed by atoms with Gasteiger partial charge in [-0.2, -0.15) is 0 Å². The summed E-state index contributed by atoms with van der Waals surface area (Å²) in [5, 5.41) is 0. The van der Waals surface area contributed by atoms with E-state index in [1.54, 1.807) is 6.20 Å². The van der Waals surface area contributed by atoms with Gasteiger partial charge in [0.2, 0.25) is 5.89 Å². The molecule has 2 aromatic carbocycles. The lowest BCUT2D eigenvalue weighted by Crippen LogP contribution is -1.82. The Morgan fingerprint density at radius 3 is 2.04 bits per heavy atom. The summed E-state index contributed by atoms with van der Waals surface area (Å²) in [7, 11) is 0. The van der Waals surface area contributed by atoms with Crippen molar-refractivity contribution in [3.05, 3.63) is 66.3 Å². The van der Waals surface area contributed by atoms with E-state index in [1.807, 2.05) is 62.4 Å². The number of benzene rings is 2. The zero-order valence-corrected chi connectivity index (χ0v) is 14.4. The standard InChI is InChI=1S/C21H15N3O2/c1-12-3-4-16(11-22-12)21-24-18-10-15(6-8-20(18)26-21)14-5-7-19-17(9-14)23-13(2)25-19/h3-11H,1-2H3. The van der Waals surface area contributed by atoms with E-state index in [-0.39, 0.29) is 0 Å². The Kier molecular flexibility index (Phi) is 3.15. The van der Waals surface area contributed by atoms with Crippen molar-refractivity contribution in [2.24, 2.45) is 0 Å². The molecule has 0 atom stereocenters. The van der Waals surface area contributed by atoms with Crippen molar-refractivity contribution in [2.45, 2.75) is 13.8 Å². The number of rotatable bonds is 2. The minimum absolute atomic E-state index is 0.576. The fraction of sp³-hybridized carbons (Fsp3) is 0.0952. The SMILES string of the molecule is Cc1ccc(-c2nc3cc(-c4ccc5oc(C)nc5c4)ccc3o2)cn1. The number of oxazole rings is 2. The van der Waals surface area contributed by atoms with Gasteiger partial charge in [-0.1, -0.05) is 12.1 Å². The third kappa shape index (κ3) is 2.45. The molecule has 5 nitrogen and oxygen atoms in total. The number of nitrogens with zero attached hydrogens (tertiary/aromatic N) is 3. The summed E-state index contributed by atoms with van der Waals surface area (Å²) >= 11 is 0. The fourth-order valence-electron chi connectivity index (χ4n) is 3.05. The molecule has 3 aromatic heterocycles. The first-order valence-electron chi connectivity index (χ1n) is 8.37. The molecular weight excluding hydrogens is 326 g/mol. The first-order valence-corrected chi connectivity index (χ1v) is 8.37. The lowest BCUT2D eigenvalue weighted by atomic mass is 10.0. The molecule has 0 aliphatic rings. The number of aryl methyl sites for hydroxylation is 2. The van der Waals surface area contributed by atoms with Gasteiger partial charge in [0.1, 0.15) is 11.0 Å². The third-order valence-corrected chi connectivity index (χ3v) is 4.37. The van der Waals surface area contributed by atoms with Crippen LogP contribution in [0.4, 0.5) is 0 Å². The highest BCUT2D eigenvalue weighted by molar-refractivity contribution is 5.85. The zero-order valence-electron chi connectivity index (χ0n) is 14.4. The number of aromatic nitrogens is 3. The molecule has 0 saturated heterocycles. The maximum atomic E-state index is 5.88.